The first kappa shape index (κ1) is 13.7. The highest BCUT2D eigenvalue weighted by molar-refractivity contribution is 9.10. The van der Waals surface area contributed by atoms with Crippen LogP contribution in [0.5, 0.6) is 0 Å². The van der Waals surface area contributed by atoms with Gasteiger partial charge >= 0.3 is 0 Å². The molecule has 0 aliphatic heterocycles. The molecule has 0 aliphatic rings. The number of benzene rings is 2. The molecule has 1 heterocycles. The standard InChI is InChI=1S/C16H12BrClO2/c1-16(19,12-4-2-3-5-13(12)17)15-9-10-8-11(18)6-7-14(10)20-15/h2-9,19H,1H3. The number of halogens is 2. The van der Waals surface area contributed by atoms with Gasteiger partial charge in [-0.3, -0.25) is 0 Å². The second-order valence-corrected chi connectivity index (χ2v) is 6.14. The maximum atomic E-state index is 10.9. The first-order chi connectivity index (χ1) is 9.48. The van der Waals surface area contributed by atoms with Crippen molar-refractivity contribution >= 4 is 38.5 Å². The molecule has 3 aromatic rings. The molecular weight excluding hydrogens is 340 g/mol. The molecule has 102 valence electrons. The molecule has 2 aromatic carbocycles. The number of aliphatic hydroxyl groups is 1. The van der Waals surface area contributed by atoms with Crippen LogP contribution in [-0.4, -0.2) is 5.11 Å². The van der Waals surface area contributed by atoms with E-state index < -0.39 is 5.60 Å². The number of furan rings is 1. The minimum Gasteiger partial charge on any atom is -0.458 e. The van der Waals surface area contributed by atoms with Gasteiger partial charge in [0, 0.05) is 20.4 Å². The first-order valence-electron chi connectivity index (χ1n) is 6.15. The van der Waals surface area contributed by atoms with Crippen LogP contribution in [0.4, 0.5) is 0 Å². The second kappa shape index (κ2) is 4.92. The zero-order valence-electron chi connectivity index (χ0n) is 10.7. The Morgan fingerprint density at radius 3 is 2.65 bits per heavy atom. The van der Waals surface area contributed by atoms with Crippen LogP contribution in [0, 0.1) is 0 Å². The van der Waals surface area contributed by atoms with Gasteiger partial charge in [0.25, 0.3) is 0 Å². The van der Waals surface area contributed by atoms with E-state index in [-0.39, 0.29) is 0 Å². The molecule has 0 radical (unpaired) electrons. The summed E-state index contributed by atoms with van der Waals surface area (Å²) >= 11 is 9.43. The highest BCUT2D eigenvalue weighted by atomic mass is 79.9. The van der Waals surface area contributed by atoms with Crippen LogP contribution in [0.2, 0.25) is 5.02 Å². The quantitative estimate of drug-likeness (QED) is 0.696. The summed E-state index contributed by atoms with van der Waals surface area (Å²) in [6.07, 6.45) is 0. The van der Waals surface area contributed by atoms with E-state index >= 15 is 0 Å². The van der Waals surface area contributed by atoms with Crippen molar-refractivity contribution in [2.75, 3.05) is 0 Å². The Kier molecular flexibility index (Phi) is 3.36. The minimum atomic E-state index is -1.22. The zero-order valence-corrected chi connectivity index (χ0v) is 13.1. The van der Waals surface area contributed by atoms with Crippen LogP contribution >= 0.6 is 27.5 Å². The molecule has 1 aromatic heterocycles. The van der Waals surface area contributed by atoms with Gasteiger partial charge < -0.3 is 9.52 Å². The lowest BCUT2D eigenvalue weighted by Crippen LogP contribution is -2.22. The number of fused-ring (bicyclic) bond motifs is 1. The maximum absolute atomic E-state index is 10.9. The van der Waals surface area contributed by atoms with Crippen LogP contribution in [0.3, 0.4) is 0 Å². The summed E-state index contributed by atoms with van der Waals surface area (Å²) in [5, 5.41) is 12.4. The molecule has 0 saturated heterocycles. The van der Waals surface area contributed by atoms with Crippen molar-refractivity contribution in [3.05, 3.63) is 69.3 Å². The Morgan fingerprint density at radius 2 is 1.90 bits per heavy atom. The molecule has 4 heteroatoms. The van der Waals surface area contributed by atoms with E-state index in [9.17, 15) is 5.11 Å². The molecule has 3 rings (SSSR count). The average Bonchev–Trinajstić information content (AvgIpc) is 2.82. The normalized spacial score (nSPS) is 14.4. The molecule has 20 heavy (non-hydrogen) atoms. The summed E-state index contributed by atoms with van der Waals surface area (Å²) in [4.78, 5) is 0. The molecule has 1 unspecified atom stereocenters. The summed E-state index contributed by atoms with van der Waals surface area (Å²) in [6, 6.07) is 14.8. The van der Waals surface area contributed by atoms with E-state index in [2.05, 4.69) is 15.9 Å². The molecule has 0 spiro atoms. The van der Waals surface area contributed by atoms with Gasteiger partial charge in [-0.05, 0) is 37.3 Å². The van der Waals surface area contributed by atoms with E-state index in [0.717, 1.165) is 15.4 Å². The molecule has 0 bridgehead atoms. The molecule has 0 fully saturated rings. The van der Waals surface area contributed by atoms with E-state index in [0.29, 0.717) is 16.4 Å². The summed E-state index contributed by atoms with van der Waals surface area (Å²) in [5.74, 6) is 0.488. The Bertz CT molecular complexity index is 777. The van der Waals surface area contributed by atoms with Crippen LogP contribution in [0.25, 0.3) is 11.0 Å². The van der Waals surface area contributed by atoms with Gasteiger partial charge in [-0.1, -0.05) is 45.7 Å². The predicted molar refractivity (Wildman–Crippen MR) is 84.0 cm³/mol. The fourth-order valence-electron chi connectivity index (χ4n) is 2.24. The molecule has 0 amide bonds. The Labute approximate surface area is 130 Å². The predicted octanol–water partition coefficient (Wildman–Crippen LogP) is 5.10. The monoisotopic (exact) mass is 350 g/mol. The van der Waals surface area contributed by atoms with Crippen molar-refractivity contribution in [3.63, 3.8) is 0 Å². The van der Waals surface area contributed by atoms with Gasteiger partial charge in [-0.15, -0.1) is 0 Å². The second-order valence-electron chi connectivity index (χ2n) is 4.84. The minimum absolute atomic E-state index is 0.488. The van der Waals surface area contributed by atoms with E-state index in [1.54, 1.807) is 19.1 Å². The van der Waals surface area contributed by atoms with Crippen molar-refractivity contribution in [1.82, 2.24) is 0 Å². The van der Waals surface area contributed by atoms with Crippen molar-refractivity contribution in [1.29, 1.82) is 0 Å². The zero-order chi connectivity index (χ0) is 14.3. The van der Waals surface area contributed by atoms with Crippen molar-refractivity contribution in [2.45, 2.75) is 12.5 Å². The van der Waals surface area contributed by atoms with Gasteiger partial charge in [0.05, 0.1) is 0 Å². The largest absolute Gasteiger partial charge is 0.458 e. The molecular formula is C16H12BrClO2. The fraction of sp³-hybridized carbons (Fsp3) is 0.125. The van der Waals surface area contributed by atoms with Crippen molar-refractivity contribution in [3.8, 4) is 0 Å². The Morgan fingerprint density at radius 1 is 1.15 bits per heavy atom. The summed E-state index contributed by atoms with van der Waals surface area (Å²) < 4.78 is 6.60. The van der Waals surface area contributed by atoms with E-state index in [4.69, 9.17) is 16.0 Å². The molecule has 0 aliphatic carbocycles. The summed E-state index contributed by atoms with van der Waals surface area (Å²) in [6.45, 7) is 1.71. The number of hydrogen-bond donors (Lipinski definition) is 1. The van der Waals surface area contributed by atoms with Crippen LogP contribution in [0.15, 0.2) is 57.4 Å². The lowest BCUT2D eigenvalue weighted by molar-refractivity contribution is 0.0779. The van der Waals surface area contributed by atoms with Crippen LogP contribution < -0.4 is 0 Å². The smallest absolute Gasteiger partial charge is 0.145 e. The highest BCUT2D eigenvalue weighted by Crippen LogP contribution is 2.37. The Balaban J connectivity index is 2.16. The molecule has 1 atom stereocenters. The molecule has 2 nitrogen and oxygen atoms in total. The van der Waals surface area contributed by atoms with Gasteiger partial charge in [-0.25, -0.2) is 0 Å². The third-order valence-electron chi connectivity index (χ3n) is 3.36. The number of hydrogen-bond acceptors (Lipinski definition) is 2. The molecule has 0 saturated carbocycles. The van der Waals surface area contributed by atoms with Gasteiger partial charge in [0.15, 0.2) is 0 Å². The summed E-state index contributed by atoms with van der Waals surface area (Å²) in [5.41, 5.74) is 0.243. The van der Waals surface area contributed by atoms with Crippen LogP contribution in [0.1, 0.15) is 18.2 Å². The maximum Gasteiger partial charge on any atom is 0.145 e. The van der Waals surface area contributed by atoms with E-state index in [1.165, 1.54) is 0 Å². The van der Waals surface area contributed by atoms with Crippen molar-refractivity contribution < 1.29 is 9.52 Å². The lowest BCUT2D eigenvalue weighted by Gasteiger charge is -2.22. The van der Waals surface area contributed by atoms with Crippen molar-refractivity contribution in [2.24, 2.45) is 0 Å². The van der Waals surface area contributed by atoms with Gasteiger partial charge in [-0.2, -0.15) is 0 Å². The highest BCUT2D eigenvalue weighted by Gasteiger charge is 2.31. The SMILES string of the molecule is CC(O)(c1cc2cc(Cl)ccc2o1)c1ccccc1Br. The van der Waals surface area contributed by atoms with Crippen LogP contribution in [-0.2, 0) is 5.60 Å². The third kappa shape index (κ3) is 2.26. The summed E-state index contributed by atoms with van der Waals surface area (Å²) in [7, 11) is 0. The van der Waals surface area contributed by atoms with Gasteiger partial charge in [0.1, 0.15) is 16.9 Å². The molecule has 1 N–H and O–H groups in total. The van der Waals surface area contributed by atoms with E-state index in [1.807, 2.05) is 36.4 Å². The lowest BCUT2D eigenvalue weighted by atomic mass is 9.93. The Hall–Kier alpha value is -1.29. The fourth-order valence-corrected chi connectivity index (χ4v) is 3.09. The average molecular weight is 352 g/mol. The third-order valence-corrected chi connectivity index (χ3v) is 4.28. The number of rotatable bonds is 2. The van der Waals surface area contributed by atoms with Gasteiger partial charge in [0.2, 0.25) is 0 Å². The first-order valence-corrected chi connectivity index (χ1v) is 7.32. The topological polar surface area (TPSA) is 33.4 Å².